The van der Waals surface area contributed by atoms with Crippen LogP contribution in [0.15, 0.2) is 52.1 Å². The number of hydrogen-bond acceptors (Lipinski definition) is 5. The van der Waals surface area contributed by atoms with Crippen molar-refractivity contribution in [1.82, 2.24) is 0 Å². The van der Waals surface area contributed by atoms with Crippen LogP contribution >= 0.6 is 46.4 Å². The molecule has 0 N–H and O–H groups in total. The Morgan fingerprint density at radius 1 is 0.824 bits per heavy atom. The van der Waals surface area contributed by atoms with E-state index in [-0.39, 0.29) is 11.1 Å². The summed E-state index contributed by atoms with van der Waals surface area (Å²) in [5, 5.41) is 4.72. The van der Waals surface area contributed by atoms with Gasteiger partial charge in [0.25, 0.3) is 0 Å². The van der Waals surface area contributed by atoms with Gasteiger partial charge in [0.05, 0.1) is 29.5 Å². The minimum Gasteiger partial charge on any atom is -0.494 e. The van der Waals surface area contributed by atoms with Crippen LogP contribution in [-0.2, 0) is 4.84 Å². The normalized spacial score (nSPS) is 10.9. The summed E-state index contributed by atoms with van der Waals surface area (Å²) in [6.07, 6.45) is 8.02. The molecule has 0 spiro atoms. The fourth-order valence-corrected chi connectivity index (χ4v) is 3.42. The van der Waals surface area contributed by atoms with Gasteiger partial charge in [-0.3, -0.25) is 0 Å². The molecule has 5 nitrogen and oxygen atoms in total. The summed E-state index contributed by atoms with van der Waals surface area (Å²) < 4.78 is 17.2. The van der Waals surface area contributed by atoms with Gasteiger partial charge in [-0.2, -0.15) is 0 Å². The zero-order chi connectivity index (χ0) is 24.6. The Morgan fingerprint density at radius 3 is 2.15 bits per heavy atom. The lowest BCUT2D eigenvalue weighted by Gasteiger charge is -2.12. The average Bonchev–Trinajstić information content (AvgIpc) is 2.80. The first-order valence-electron chi connectivity index (χ1n) is 11.1. The van der Waals surface area contributed by atoms with Crippen molar-refractivity contribution in [2.75, 3.05) is 26.4 Å². The van der Waals surface area contributed by atoms with Crippen molar-refractivity contribution in [2.24, 2.45) is 5.16 Å². The molecule has 0 atom stereocenters. The molecule has 0 aliphatic rings. The monoisotopic (exact) mass is 547 g/mol. The number of halogens is 4. The van der Waals surface area contributed by atoms with Crippen LogP contribution in [0.25, 0.3) is 0 Å². The summed E-state index contributed by atoms with van der Waals surface area (Å²) in [5.41, 5.74) is 0.967. The van der Waals surface area contributed by atoms with Crippen LogP contribution in [0.1, 0.15) is 44.6 Å². The number of hydrogen-bond donors (Lipinski definition) is 0. The number of nitrogens with zero attached hydrogens (tertiary/aromatic N) is 1. The molecule has 2 rings (SSSR count). The Bertz CT molecular complexity index is 893. The molecular formula is C25H29Cl4NO4. The van der Waals surface area contributed by atoms with E-state index in [2.05, 4.69) is 12.1 Å². The van der Waals surface area contributed by atoms with E-state index in [4.69, 9.17) is 65.5 Å². The van der Waals surface area contributed by atoms with Crippen molar-refractivity contribution in [1.29, 1.82) is 0 Å². The Morgan fingerprint density at radius 2 is 1.50 bits per heavy atom. The molecular weight excluding hydrogens is 520 g/mol. The summed E-state index contributed by atoms with van der Waals surface area (Å²) in [7, 11) is 0. The van der Waals surface area contributed by atoms with Gasteiger partial charge in [0.15, 0.2) is 5.75 Å². The van der Waals surface area contributed by atoms with Gasteiger partial charge in [-0.05, 0) is 61.6 Å². The fraction of sp³-hybridized carbons (Fsp3) is 0.400. The molecule has 9 heteroatoms. The van der Waals surface area contributed by atoms with Crippen molar-refractivity contribution in [3.05, 3.63) is 62.6 Å². The Kier molecular flexibility index (Phi) is 14.0. The van der Waals surface area contributed by atoms with Gasteiger partial charge >= 0.3 is 0 Å². The van der Waals surface area contributed by atoms with E-state index in [9.17, 15) is 0 Å². The Hall–Kier alpha value is -1.79. The summed E-state index contributed by atoms with van der Waals surface area (Å²) in [4.78, 5) is 5.19. The molecule has 0 aromatic heterocycles. The maximum atomic E-state index is 6.27. The summed E-state index contributed by atoms with van der Waals surface area (Å²) in [6, 6.07) is 11.0. The zero-order valence-corrected chi connectivity index (χ0v) is 22.1. The van der Waals surface area contributed by atoms with Crippen molar-refractivity contribution >= 4 is 52.6 Å². The van der Waals surface area contributed by atoms with Crippen molar-refractivity contribution in [3.8, 4) is 17.2 Å². The first-order valence-corrected chi connectivity index (χ1v) is 12.6. The Balaban J connectivity index is 1.62. The van der Waals surface area contributed by atoms with Crippen molar-refractivity contribution in [3.63, 3.8) is 0 Å². The first kappa shape index (κ1) is 28.4. The minimum atomic E-state index is 0.134. The number of oxime groups is 1. The zero-order valence-electron chi connectivity index (χ0n) is 19.1. The molecule has 0 aliphatic heterocycles. The molecule has 2 aromatic carbocycles. The molecule has 0 unspecified atom stereocenters. The van der Waals surface area contributed by atoms with Gasteiger partial charge in [-0.1, -0.05) is 64.9 Å². The highest BCUT2D eigenvalue weighted by molar-refractivity contribution is 6.55. The van der Waals surface area contributed by atoms with Crippen LogP contribution in [0.4, 0.5) is 0 Å². The molecule has 0 bridgehead atoms. The maximum Gasteiger partial charge on any atom is 0.156 e. The van der Waals surface area contributed by atoms with E-state index < -0.39 is 0 Å². The van der Waals surface area contributed by atoms with Gasteiger partial charge < -0.3 is 19.0 Å². The van der Waals surface area contributed by atoms with E-state index in [1.807, 2.05) is 24.3 Å². The molecule has 0 heterocycles. The molecule has 0 saturated carbocycles. The molecule has 34 heavy (non-hydrogen) atoms. The molecule has 0 fully saturated rings. The second-order valence-electron chi connectivity index (χ2n) is 7.27. The largest absolute Gasteiger partial charge is 0.494 e. The predicted octanol–water partition coefficient (Wildman–Crippen LogP) is 8.47. The van der Waals surface area contributed by atoms with Gasteiger partial charge in [-0.25, -0.2) is 0 Å². The molecule has 0 amide bonds. The van der Waals surface area contributed by atoms with E-state index >= 15 is 0 Å². The fourth-order valence-electron chi connectivity index (χ4n) is 2.71. The SMILES string of the molecule is CCCCON=Cc1ccc(OCCCCCOc2c(Cl)cc(OCC=C(Cl)Cl)cc2Cl)cc1. The smallest absolute Gasteiger partial charge is 0.156 e. The molecule has 0 radical (unpaired) electrons. The molecule has 2 aromatic rings. The lowest BCUT2D eigenvalue weighted by Crippen LogP contribution is -2.02. The van der Waals surface area contributed by atoms with Crippen LogP contribution in [-0.4, -0.2) is 32.6 Å². The van der Waals surface area contributed by atoms with E-state index in [1.54, 1.807) is 18.3 Å². The molecule has 0 aliphatic carbocycles. The van der Waals surface area contributed by atoms with Crippen LogP contribution < -0.4 is 14.2 Å². The van der Waals surface area contributed by atoms with Crippen molar-refractivity contribution in [2.45, 2.75) is 39.0 Å². The second-order valence-corrected chi connectivity index (χ2v) is 9.09. The maximum absolute atomic E-state index is 6.27. The number of ether oxygens (including phenoxy) is 3. The number of benzene rings is 2. The van der Waals surface area contributed by atoms with E-state index in [1.165, 1.54) is 6.08 Å². The lowest BCUT2D eigenvalue weighted by atomic mass is 10.2. The highest BCUT2D eigenvalue weighted by Crippen LogP contribution is 2.37. The lowest BCUT2D eigenvalue weighted by molar-refractivity contribution is 0.143. The third-order valence-electron chi connectivity index (χ3n) is 4.51. The molecule has 186 valence electrons. The van der Waals surface area contributed by atoms with Gasteiger partial charge in [0.1, 0.15) is 29.2 Å². The molecule has 0 saturated heterocycles. The summed E-state index contributed by atoms with van der Waals surface area (Å²) in [5.74, 6) is 1.77. The van der Waals surface area contributed by atoms with Gasteiger partial charge in [0.2, 0.25) is 0 Å². The quantitative estimate of drug-likeness (QED) is 0.120. The summed E-state index contributed by atoms with van der Waals surface area (Å²) in [6.45, 7) is 4.10. The van der Waals surface area contributed by atoms with Gasteiger partial charge in [0, 0.05) is 12.1 Å². The summed E-state index contributed by atoms with van der Waals surface area (Å²) >= 11 is 23.7. The second kappa shape index (κ2) is 16.8. The first-order chi connectivity index (χ1) is 16.5. The standard InChI is InChI=1S/C25H29Cl4NO4/c1-2-3-14-34-30-18-19-7-9-20(10-8-19)31-12-5-4-6-13-33-25-22(26)16-21(17-23(25)27)32-15-11-24(28)29/h7-11,16-18H,2-6,12-15H2,1H3. The third-order valence-corrected chi connectivity index (χ3v) is 5.38. The van der Waals surface area contributed by atoms with Crippen LogP contribution in [0.3, 0.4) is 0 Å². The van der Waals surface area contributed by atoms with Gasteiger partial charge in [-0.15, -0.1) is 0 Å². The average molecular weight is 549 g/mol. The number of rotatable bonds is 16. The topological polar surface area (TPSA) is 49.3 Å². The van der Waals surface area contributed by atoms with E-state index in [0.717, 1.165) is 43.4 Å². The third kappa shape index (κ3) is 11.6. The highest BCUT2D eigenvalue weighted by Gasteiger charge is 2.10. The predicted molar refractivity (Wildman–Crippen MR) is 141 cm³/mol. The van der Waals surface area contributed by atoms with E-state index in [0.29, 0.717) is 41.4 Å². The van der Waals surface area contributed by atoms with Crippen molar-refractivity contribution < 1.29 is 19.0 Å². The highest BCUT2D eigenvalue weighted by atomic mass is 35.5. The minimum absolute atomic E-state index is 0.134. The van der Waals surface area contributed by atoms with Crippen LogP contribution in [0, 0.1) is 0 Å². The number of unbranched alkanes of at least 4 members (excludes halogenated alkanes) is 3. The Labute approximate surface area is 221 Å². The van der Waals surface area contributed by atoms with Crippen LogP contribution in [0.5, 0.6) is 17.2 Å². The van der Waals surface area contributed by atoms with Crippen LogP contribution in [0.2, 0.25) is 10.0 Å².